The van der Waals surface area contributed by atoms with Crippen LogP contribution in [-0.4, -0.2) is 37.4 Å². The standard InChI is InChI=1S/C9H18N4O3/c1-13-8(6(14-2)5-11-13)7(12-10)9(15-3)16-4/h5,7,9,12H,10H2,1-4H3. The first-order valence-corrected chi connectivity index (χ1v) is 4.77. The van der Waals surface area contributed by atoms with Crippen molar-refractivity contribution in [2.24, 2.45) is 12.9 Å². The fourth-order valence-corrected chi connectivity index (χ4v) is 1.59. The van der Waals surface area contributed by atoms with Crippen LogP contribution in [0.2, 0.25) is 0 Å². The summed E-state index contributed by atoms with van der Waals surface area (Å²) in [5.74, 6) is 6.13. The van der Waals surface area contributed by atoms with E-state index in [0.717, 1.165) is 5.69 Å². The van der Waals surface area contributed by atoms with Gasteiger partial charge in [-0.2, -0.15) is 5.10 Å². The molecule has 0 amide bonds. The van der Waals surface area contributed by atoms with Gasteiger partial charge in [0.15, 0.2) is 12.0 Å². The summed E-state index contributed by atoms with van der Waals surface area (Å²) in [6, 6.07) is -0.363. The minimum atomic E-state index is -0.519. The Morgan fingerprint density at radius 1 is 1.38 bits per heavy atom. The highest BCUT2D eigenvalue weighted by Gasteiger charge is 2.28. The van der Waals surface area contributed by atoms with Crippen LogP contribution in [0.4, 0.5) is 0 Å². The molecule has 0 fully saturated rings. The number of ether oxygens (including phenoxy) is 3. The summed E-state index contributed by atoms with van der Waals surface area (Å²) in [7, 11) is 6.45. The molecule has 1 heterocycles. The number of rotatable bonds is 6. The molecule has 0 bridgehead atoms. The van der Waals surface area contributed by atoms with Gasteiger partial charge in [-0.1, -0.05) is 0 Å². The molecule has 0 aromatic carbocycles. The molecule has 0 aliphatic carbocycles. The molecule has 92 valence electrons. The van der Waals surface area contributed by atoms with E-state index >= 15 is 0 Å². The summed E-state index contributed by atoms with van der Waals surface area (Å²) < 4.78 is 17.2. The predicted molar refractivity (Wildman–Crippen MR) is 57.6 cm³/mol. The number of aromatic nitrogens is 2. The first-order valence-electron chi connectivity index (χ1n) is 4.77. The smallest absolute Gasteiger partial charge is 0.179 e. The van der Waals surface area contributed by atoms with Crippen molar-refractivity contribution in [1.29, 1.82) is 0 Å². The summed E-state index contributed by atoms with van der Waals surface area (Å²) in [6.07, 6.45) is 1.09. The number of nitrogens with one attached hydrogen (secondary N) is 1. The Morgan fingerprint density at radius 2 is 2.00 bits per heavy atom. The van der Waals surface area contributed by atoms with Crippen LogP contribution < -0.4 is 16.0 Å². The van der Waals surface area contributed by atoms with Gasteiger partial charge in [0.25, 0.3) is 0 Å². The Labute approximate surface area is 94.4 Å². The van der Waals surface area contributed by atoms with Crippen LogP contribution in [0.25, 0.3) is 0 Å². The van der Waals surface area contributed by atoms with Gasteiger partial charge in [0.1, 0.15) is 11.7 Å². The molecule has 1 atom stereocenters. The second kappa shape index (κ2) is 5.80. The molecule has 7 heteroatoms. The lowest BCUT2D eigenvalue weighted by Gasteiger charge is -2.24. The third-order valence-corrected chi connectivity index (χ3v) is 2.38. The summed E-state index contributed by atoms with van der Waals surface area (Å²) in [5.41, 5.74) is 3.39. The zero-order valence-electron chi connectivity index (χ0n) is 9.93. The molecular formula is C9H18N4O3. The number of nitrogens with two attached hydrogens (primary N) is 1. The van der Waals surface area contributed by atoms with E-state index in [0.29, 0.717) is 5.75 Å². The number of methoxy groups -OCH3 is 3. The Hall–Kier alpha value is -1.15. The SMILES string of the molecule is COc1cnn(C)c1C(NN)C(OC)OC. The predicted octanol–water partition coefficient (Wildman–Crippen LogP) is -0.448. The first-order chi connectivity index (χ1) is 7.69. The van der Waals surface area contributed by atoms with Crippen molar-refractivity contribution < 1.29 is 14.2 Å². The van der Waals surface area contributed by atoms with E-state index in [1.165, 1.54) is 0 Å². The summed E-state index contributed by atoms with van der Waals surface area (Å²) in [6.45, 7) is 0. The summed E-state index contributed by atoms with van der Waals surface area (Å²) in [4.78, 5) is 0. The molecule has 1 unspecified atom stereocenters. The molecule has 1 rings (SSSR count). The van der Waals surface area contributed by atoms with Crippen molar-refractivity contribution in [3.05, 3.63) is 11.9 Å². The van der Waals surface area contributed by atoms with E-state index < -0.39 is 6.29 Å². The first kappa shape index (κ1) is 12.9. The van der Waals surface area contributed by atoms with Gasteiger partial charge in [0.2, 0.25) is 0 Å². The number of aryl methyl sites for hydroxylation is 1. The quantitative estimate of drug-likeness (QED) is 0.391. The lowest BCUT2D eigenvalue weighted by molar-refractivity contribution is -0.125. The normalized spacial score (nSPS) is 13.1. The van der Waals surface area contributed by atoms with Crippen molar-refractivity contribution in [3.63, 3.8) is 0 Å². The van der Waals surface area contributed by atoms with E-state index in [-0.39, 0.29) is 6.04 Å². The molecule has 16 heavy (non-hydrogen) atoms. The van der Waals surface area contributed by atoms with Crippen molar-refractivity contribution in [3.8, 4) is 5.75 Å². The number of hydrazine groups is 1. The van der Waals surface area contributed by atoms with Crippen LogP contribution in [0.1, 0.15) is 11.7 Å². The minimum Gasteiger partial charge on any atom is -0.493 e. The average molecular weight is 230 g/mol. The molecule has 3 N–H and O–H groups in total. The van der Waals surface area contributed by atoms with Crippen molar-refractivity contribution >= 4 is 0 Å². The molecule has 1 aromatic rings. The maximum Gasteiger partial charge on any atom is 0.179 e. The zero-order valence-corrected chi connectivity index (χ0v) is 9.93. The van der Waals surface area contributed by atoms with Gasteiger partial charge in [-0.25, -0.2) is 5.43 Å². The highest BCUT2D eigenvalue weighted by molar-refractivity contribution is 5.28. The van der Waals surface area contributed by atoms with Gasteiger partial charge in [-0.3, -0.25) is 10.5 Å². The molecule has 1 aromatic heterocycles. The van der Waals surface area contributed by atoms with Crippen LogP contribution in [0.15, 0.2) is 6.20 Å². The van der Waals surface area contributed by atoms with Gasteiger partial charge < -0.3 is 14.2 Å². The third-order valence-electron chi connectivity index (χ3n) is 2.38. The van der Waals surface area contributed by atoms with E-state index in [1.807, 2.05) is 0 Å². The lowest BCUT2D eigenvalue weighted by Crippen LogP contribution is -2.39. The van der Waals surface area contributed by atoms with Crippen molar-refractivity contribution in [1.82, 2.24) is 15.2 Å². The second-order valence-electron chi connectivity index (χ2n) is 3.21. The van der Waals surface area contributed by atoms with Gasteiger partial charge in [-0.05, 0) is 0 Å². The molecule has 7 nitrogen and oxygen atoms in total. The Balaban J connectivity index is 3.06. The number of hydrogen-bond donors (Lipinski definition) is 2. The number of hydrogen-bond acceptors (Lipinski definition) is 6. The minimum absolute atomic E-state index is 0.363. The van der Waals surface area contributed by atoms with Crippen LogP contribution in [-0.2, 0) is 16.5 Å². The molecule has 0 aliphatic heterocycles. The van der Waals surface area contributed by atoms with Gasteiger partial charge in [0.05, 0.1) is 13.3 Å². The van der Waals surface area contributed by atoms with Crippen molar-refractivity contribution in [2.75, 3.05) is 21.3 Å². The monoisotopic (exact) mass is 230 g/mol. The van der Waals surface area contributed by atoms with Crippen LogP contribution in [0.5, 0.6) is 5.75 Å². The molecule has 0 radical (unpaired) electrons. The van der Waals surface area contributed by atoms with E-state index in [2.05, 4.69) is 10.5 Å². The average Bonchev–Trinajstić information content (AvgIpc) is 2.67. The van der Waals surface area contributed by atoms with Crippen LogP contribution in [0, 0.1) is 0 Å². The fraction of sp³-hybridized carbons (Fsp3) is 0.667. The van der Waals surface area contributed by atoms with E-state index in [9.17, 15) is 0 Å². The molecule has 0 saturated heterocycles. The summed E-state index contributed by atoms with van der Waals surface area (Å²) in [5, 5.41) is 4.09. The Morgan fingerprint density at radius 3 is 2.44 bits per heavy atom. The maximum absolute atomic E-state index is 5.50. The van der Waals surface area contributed by atoms with Gasteiger partial charge in [-0.15, -0.1) is 0 Å². The lowest BCUT2D eigenvalue weighted by atomic mass is 10.2. The van der Waals surface area contributed by atoms with E-state index in [1.54, 1.807) is 39.3 Å². The third kappa shape index (κ3) is 2.33. The maximum atomic E-state index is 5.50. The molecule has 0 aliphatic rings. The number of nitrogens with zero attached hydrogens (tertiary/aromatic N) is 2. The highest BCUT2D eigenvalue weighted by atomic mass is 16.7. The zero-order chi connectivity index (χ0) is 12.1. The summed E-state index contributed by atoms with van der Waals surface area (Å²) >= 11 is 0. The second-order valence-corrected chi connectivity index (χ2v) is 3.21. The topological polar surface area (TPSA) is 83.6 Å². The molecule has 0 spiro atoms. The van der Waals surface area contributed by atoms with Crippen molar-refractivity contribution in [2.45, 2.75) is 12.3 Å². The Bertz CT molecular complexity index is 325. The van der Waals surface area contributed by atoms with Crippen LogP contribution in [0.3, 0.4) is 0 Å². The highest BCUT2D eigenvalue weighted by Crippen LogP contribution is 2.27. The largest absolute Gasteiger partial charge is 0.493 e. The van der Waals surface area contributed by atoms with Gasteiger partial charge >= 0.3 is 0 Å². The Kier molecular flexibility index (Phi) is 4.69. The molecular weight excluding hydrogens is 212 g/mol. The fourth-order valence-electron chi connectivity index (χ4n) is 1.59. The van der Waals surface area contributed by atoms with Crippen LogP contribution >= 0.6 is 0 Å². The molecule has 0 saturated carbocycles. The van der Waals surface area contributed by atoms with E-state index in [4.69, 9.17) is 20.1 Å². The van der Waals surface area contributed by atoms with Gasteiger partial charge in [0, 0.05) is 21.3 Å².